The monoisotopic (exact) mass is 476 g/mol. The maximum absolute atomic E-state index is 14.5. The van der Waals surface area contributed by atoms with Gasteiger partial charge in [0, 0.05) is 36.3 Å². The van der Waals surface area contributed by atoms with E-state index in [4.69, 9.17) is 16.3 Å². The predicted molar refractivity (Wildman–Crippen MR) is 119 cm³/mol. The van der Waals surface area contributed by atoms with E-state index in [1.54, 1.807) is 23.0 Å². The summed E-state index contributed by atoms with van der Waals surface area (Å²) in [7, 11) is 0. The highest BCUT2D eigenvalue weighted by Crippen LogP contribution is 2.37. The summed E-state index contributed by atoms with van der Waals surface area (Å²) in [5.41, 5.74) is 1.24. The summed E-state index contributed by atoms with van der Waals surface area (Å²) < 4.78 is 36.5. The fourth-order valence-electron chi connectivity index (χ4n) is 4.42. The van der Waals surface area contributed by atoms with Gasteiger partial charge in [0.05, 0.1) is 30.7 Å². The molecule has 2 aliphatic rings. The van der Waals surface area contributed by atoms with E-state index in [2.05, 4.69) is 15.4 Å². The number of hydrogen-bond acceptors (Lipinski definition) is 6. The Labute approximate surface area is 193 Å². The molecule has 0 N–H and O–H groups in total. The Hall–Kier alpha value is -2.85. The first kappa shape index (κ1) is 22.0. The van der Waals surface area contributed by atoms with Crippen LogP contribution >= 0.6 is 11.6 Å². The van der Waals surface area contributed by atoms with Crippen LogP contribution in [0.15, 0.2) is 35.3 Å². The van der Waals surface area contributed by atoms with Crippen molar-refractivity contribution >= 4 is 17.3 Å². The number of nitrogens with zero attached hydrogens (tertiary/aromatic N) is 6. The molecule has 3 aromatic rings. The zero-order chi connectivity index (χ0) is 23.2. The van der Waals surface area contributed by atoms with E-state index in [1.165, 1.54) is 16.8 Å². The molecule has 11 heteroatoms. The minimum atomic E-state index is -0.896. The number of alkyl halides is 1. The molecule has 174 valence electrons. The molecule has 8 nitrogen and oxygen atoms in total. The molecule has 0 aliphatic carbocycles. The molecule has 0 unspecified atom stereocenters. The smallest absolute Gasteiger partial charge is 0.269 e. The van der Waals surface area contributed by atoms with Crippen LogP contribution in [0.25, 0.3) is 11.3 Å². The van der Waals surface area contributed by atoms with Crippen molar-refractivity contribution in [3.63, 3.8) is 0 Å². The molecule has 1 spiro atoms. The zero-order valence-corrected chi connectivity index (χ0v) is 18.8. The SMILES string of the molecule is CCn1nnc(-c2ccc(Cl)cc2F)c1Cn1ncc(N2CC3(CC[C@H](F)CO3)C2)cc1=O. The summed E-state index contributed by atoms with van der Waals surface area (Å²) in [5, 5.41) is 12.8. The van der Waals surface area contributed by atoms with Crippen molar-refractivity contribution < 1.29 is 13.5 Å². The molecule has 1 aromatic carbocycles. The lowest BCUT2D eigenvalue weighted by atomic mass is 9.85. The molecule has 0 bridgehead atoms. The van der Waals surface area contributed by atoms with Crippen LogP contribution in [0.3, 0.4) is 0 Å². The second-order valence-corrected chi connectivity index (χ2v) is 8.96. The predicted octanol–water partition coefficient (Wildman–Crippen LogP) is 3.07. The maximum Gasteiger partial charge on any atom is 0.269 e. The lowest BCUT2D eigenvalue weighted by molar-refractivity contribution is -0.120. The van der Waals surface area contributed by atoms with E-state index >= 15 is 0 Å². The van der Waals surface area contributed by atoms with E-state index in [1.807, 2.05) is 11.8 Å². The first-order valence-corrected chi connectivity index (χ1v) is 11.2. The van der Waals surface area contributed by atoms with Crippen molar-refractivity contribution in [2.45, 2.75) is 44.6 Å². The fraction of sp³-hybridized carbons (Fsp3) is 0.455. The van der Waals surface area contributed by atoms with Crippen LogP contribution in [-0.4, -0.2) is 56.2 Å². The standard InChI is InChI=1S/C22H23ClF2N6O2/c1-2-30-19(21(27-28-30)17-4-3-14(23)7-18(17)25)10-31-20(32)8-16(9-26-31)29-12-22(13-29)6-5-15(24)11-33-22/h3-4,7-9,15H,2,5-6,10-13H2,1H3/t15-/m0/s1. The van der Waals surface area contributed by atoms with Crippen LogP contribution in [-0.2, 0) is 17.8 Å². The van der Waals surface area contributed by atoms with Gasteiger partial charge in [-0.15, -0.1) is 5.10 Å². The molecule has 0 radical (unpaired) electrons. The molecule has 2 fully saturated rings. The average molecular weight is 477 g/mol. The molecule has 2 aromatic heterocycles. The van der Waals surface area contributed by atoms with E-state index in [0.717, 1.165) is 0 Å². The van der Waals surface area contributed by atoms with Gasteiger partial charge in [0.1, 0.15) is 23.3 Å². The molecular weight excluding hydrogens is 454 g/mol. The third kappa shape index (κ3) is 4.13. The number of aromatic nitrogens is 5. The van der Waals surface area contributed by atoms with Crippen LogP contribution < -0.4 is 10.5 Å². The van der Waals surface area contributed by atoms with Crippen molar-refractivity contribution in [3.8, 4) is 11.3 Å². The van der Waals surface area contributed by atoms with E-state index < -0.39 is 12.0 Å². The zero-order valence-electron chi connectivity index (χ0n) is 18.0. The topological polar surface area (TPSA) is 78.1 Å². The number of halogens is 3. The maximum atomic E-state index is 14.5. The van der Waals surface area contributed by atoms with Gasteiger partial charge in [-0.1, -0.05) is 16.8 Å². The number of ether oxygens (including phenoxy) is 1. The lowest BCUT2D eigenvalue weighted by Gasteiger charge is -2.52. The molecule has 0 amide bonds. The van der Waals surface area contributed by atoms with Crippen LogP contribution in [0, 0.1) is 5.82 Å². The second kappa shape index (κ2) is 8.49. The molecule has 1 atom stereocenters. The van der Waals surface area contributed by atoms with E-state index in [-0.39, 0.29) is 34.9 Å². The Morgan fingerprint density at radius 2 is 2.09 bits per heavy atom. The summed E-state index contributed by atoms with van der Waals surface area (Å²) in [5.74, 6) is -0.515. The number of rotatable bonds is 5. The highest BCUT2D eigenvalue weighted by Gasteiger charge is 2.47. The van der Waals surface area contributed by atoms with Gasteiger partial charge in [0.15, 0.2) is 0 Å². The largest absolute Gasteiger partial charge is 0.368 e. The summed E-state index contributed by atoms with van der Waals surface area (Å²) >= 11 is 5.87. The van der Waals surface area contributed by atoms with Crippen LogP contribution in [0.4, 0.5) is 14.5 Å². The quantitative estimate of drug-likeness (QED) is 0.563. The first-order valence-electron chi connectivity index (χ1n) is 10.9. The van der Waals surface area contributed by atoms with Crippen LogP contribution in [0.1, 0.15) is 25.5 Å². The number of aryl methyl sites for hydroxylation is 1. The van der Waals surface area contributed by atoms with Gasteiger partial charge in [0.2, 0.25) is 0 Å². The highest BCUT2D eigenvalue weighted by molar-refractivity contribution is 6.30. The average Bonchev–Trinajstić information content (AvgIpc) is 3.16. The Balaban J connectivity index is 1.37. The Kier molecular flexibility index (Phi) is 5.65. The highest BCUT2D eigenvalue weighted by atomic mass is 35.5. The van der Waals surface area contributed by atoms with Crippen molar-refractivity contribution in [3.05, 3.63) is 57.3 Å². The molecule has 5 rings (SSSR count). The van der Waals surface area contributed by atoms with Gasteiger partial charge >= 0.3 is 0 Å². The molecule has 0 saturated carbocycles. The molecule has 2 saturated heterocycles. The van der Waals surface area contributed by atoms with Crippen LogP contribution in [0.5, 0.6) is 0 Å². The minimum Gasteiger partial charge on any atom is -0.368 e. The number of benzene rings is 1. The number of anilines is 1. The Morgan fingerprint density at radius 3 is 2.76 bits per heavy atom. The summed E-state index contributed by atoms with van der Waals surface area (Å²) in [4.78, 5) is 14.8. The summed E-state index contributed by atoms with van der Waals surface area (Å²) in [6.45, 7) is 3.82. The minimum absolute atomic E-state index is 0.0856. The van der Waals surface area contributed by atoms with Gasteiger partial charge in [-0.2, -0.15) is 5.10 Å². The lowest BCUT2D eigenvalue weighted by Crippen LogP contribution is -2.65. The van der Waals surface area contributed by atoms with Crippen molar-refractivity contribution in [2.24, 2.45) is 0 Å². The van der Waals surface area contributed by atoms with Crippen molar-refractivity contribution in [1.82, 2.24) is 24.8 Å². The van der Waals surface area contributed by atoms with Gasteiger partial charge < -0.3 is 9.64 Å². The third-order valence-electron chi connectivity index (χ3n) is 6.28. The molecule has 33 heavy (non-hydrogen) atoms. The number of hydrogen-bond donors (Lipinski definition) is 0. The molecular formula is C22H23ClF2N6O2. The normalized spacial score (nSPS) is 19.6. The van der Waals surface area contributed by atoms with E-state index in [0.29, 0.717) is 49.6 Å². The molecule has 4 heterocycles. The van der Waals surface area contributed by atoms with E-state index in [9.17, 15) is 13.6 Å². The van der Waals surface area contributed by atoms with Crippen molar-refractivity contribution in [1.29, 1.82) is 0 Å². The summed E-state index contributed by atoms with van der Waals surface area (Å²) in [6, 6.07) is 5.86. The summed E-state index contributed by atoms with van der Waals surface area (Å²) in [6.07, 6.45) is 1.90. The van der Waals surface area contributed by atoms with Gasteiger partial charge in [-0.05, 0) is 38.0 Å². The van der Waals surface area contributed by atoms with Crippen LogP contribution in [0.2, 0.25) is 5.02 Å². The Bertz CT molecular complexity index is 1230. The molecule has 2 aliphatic heterocycles. The third-order valence-corrected chi connectivity index (χ3v) is 6.52. The van der Waals surface area contributed by atoms with Gasteiger partial charge in [-0.3, -0.25) is 4.79 Å². The first-order chi connectivity index (χ1) is 15.9. The second-order valence-electron chi connectivity index (χ2n) is 8.52. The Morgan fingerprint density at radius 1 is 1.27 bits per heavy atom. The fourth-order valence-corrected chi connectivity index (χ4v) is 4.57. The van der Waals surface area contributed by atoms with Crippen molar-refractivity contribution in [2.75, 3.05) is 24.6 Å². The van der Waals surface area contributed by atoms with Gasteiger partial charge in [0.25, 0.3) is 5.56 Å². The van der Waals surface area contributed by atoms with Gasteiger partial charge in [-0.25, -0.2) is 18.1 Å².